The Balaban J connectivity index is 1.99. The van der Waals surface area contributed by atoms with Crippen LogP contribution < -0.4 is 5.73 Å². The molecule has 100 valence electrons. The third-order valence-corrected chi connectivity index (χ3v) is 4.11. The normalized spacial score (nSPS) is 15.5. The number of fused-ring (bicyclic) bond motifs is 1. The first-order valence-electron chi connectivity index (χ1n) is 5.88. The monoisotopic (exact) mass is 278 g/mol. The highest BCUT2D eigenvalue weighted by molar-refractivity contribution is 8.00. The molecule has 1 atom stereocenters. The second kappa shape index (κ2) is 5.44. The number of rotatable bonds is 5. The molecule has 0 saturated heterocycles. The van der Waals surface area contributed by atoms with E-state index < -0.39 is 5.91 Å². The minimum atomic E-state index is -0.396. The Labute approximate surface area is 115 Å². The molecule has 1 aliphatic rings. The summed E-state index contributed by atoms with van der Waals surface area (Å²) in [6, 6.07) is 6.76. The van der Waals surface area contributed by atoms with Crippen molar-refractivity contribution in [2.75, 3.05) is 12.3 Å². The molecule has 1 aromatic rings. The van der Waals surface area contributed by atoms with Gasteiger partial charge in [-0.15, -0.1) is 11.8 Å². The summed E-state index contributed by atoms with van der Waals surface area (Å²) in [4.78, 5) is 36.1. The maximum atomic E-state index is 12.0. The summed E-state index contributed by atoms with van der Waals surface area (Å²) in [5, 5.41) is -0.324. The largest absolute Gasteiger partial charge is 0.369 e. The van der Waals surface area contributed by atoms with E-state index in [0.717, 1.165) is 0 Å². The van der Waals surface area contributed by atoms with E-state index in [4.69, 9.17) is 5.73 Å². The summed E-state index contributed by atoms with van der Waals surface area (Å²) < 4.78 is 0. The molecular formula is C13H14N2O3S. The molecule has 2 rings (SSSR count). The van der Waals surface area contributed by atoms with Crippen molar-refractivity contribution in [3.63, 3.8) is 0 Å². The van der Waals surface area contributed by atoms with Crippen LogP contribution in [-0.2, 0) is 4.79 Å². The standard InChI is InChI=1S/C13H14N2O3S/c1-8(11(14)16)19-7-6-15-12(17)9-4-2-3-5-10(9)13(15)18/h2-5,8H,6-7H2,1H3,(H2,14,16). The predicted octanol–water partition coefficient (Wildman–Crippen LogP) is 0.890. The molecule has 2 N–H and O–H groups in total. The molecule has 19 heavy (non-hydrogen) atoms. The van der Waals surface area contributed by atoms with Crippen LogP contribution in [0.3, 0.4) is 0 Å². The van der Waals surface area contributed by atoms with E-state index in [1.807, 2.05) is 0 Å². The summed E-state index contributed by atoms with van der Waals surface area (Å²) in [5.74, 6) is -0.441. The Bertz CT molecular complexity index is 509. The number of hydrogen-bond acceptors (Lipinski definition) is 4. The fraction of sp³-hybridized carbons (Fsp3) is 0.308. The summed E-state index contributed by atoms with van der Waals surface area (Å²) in [6.07, 6.45) is 0. The Hall–Kier alpha value is -1.82. The van der Waals surface area contributed by atoms with Crippen molar-refractivity contribution in [2.45, 2.75) is 12.2 Å². The van der Waals surface area contributed by atoms with E-state index in [-0.39, 0.29) is 23.6 Å². The van der Waals surface area contributed by atoms with Crippen molar-refractivity contribution >= 4 is 29.5 Å². The highest BCUT2D eigenvalue weighted by Crippen LogP contribution is 2.23. The third kappa shape index (κ3) is 2.63. The third-order valence-electron chi connectivity index (χ3n) is 2.96. The lowest BCUT2D eigenvalue weighted by molar-refractivity contribution is -0.117. The van der Waals surface area contributed by atoms with Gasteiger partial charge in [0.25, 0.3) is 11.8 Å². The van der Waals surface area contributed by atoms with Crippen LogP contribution in [0, 0.1) is 0 Å². The molecular weight excluding hydrogens is 264 g/mol. The summed E-state index contributed by atoms with van der Waals surface area (Å²) in [7, 11) is 0. The molecule has 1 aliphatic heterocycles. The molecule has 1 unspecified atom stereocenters. The molecule has 0 fully saturated rings. The van der Waals surface area contributed by atoms with Gasteiger partial charge in [-0.2, -0.15) is 0 Å². The number of nitrogens with two attached hydrogens (primary N) is 1. The summed E-state index contributed by atoms with van der Waals surface area (Å²) in [6.45, 7) is 1.99. The second-order valence-electron chi connectivity index (χ2n) is 4.22. The van der Waals surface area contributed by atoms with Gasteiger partial charge in [0.1, 0.15) is 0 Å². The SMILES string of the molecule is CC(SCCN1C(=O)c2ccccc2C1=O)C(N)=O. The second-order valence-corrected chi connectivity index (χ2v) is 5.67. The lowest BCUT2D eigenvalue weighted by Gasteiger charge is -2.14. The lowest BCUT2D eigenvalue weighted by atomic mass is 10.1. The zero-order valence-corrected chi connectivity index (χ0v) is 11.3. The highest BCUT2D eigenvalue weighted by Gasteiger charge is 2.34. The van der Waals surface area contributed by atoms with Crippen LogP contribution in [0.5, 0.6) is 0 Å². The number of imide groups is 1. The molecule has 0 aromatic heterocycles. The number of hydrogen-bond donors (Lipinski definition) is 1. The van der Waals surface area contributed by atoms with Crippen LogP contribution in [0.1, 0.15) is 27.6 Å². The van der Waals surface area contributed by atoms with Crippen molar-refractivity contribution in [2.24, 2.45) is 5.73 Å². The number of primary amides is 1. The van der Waals surface area contributed by atoms with Crippen LogP contribution in [0.2, 0.25) is 0 Å². The van der Waals surface area contributed by atoms with Gasteiger partial charge >= 0.3 is 0 Å². The molecule has 1 heterocycles. The van der Waals surface area contributed by atoms with Crippen LogP contribution in [0.15, 0.2) is 24.3 Å². The maximum absolute atomic E-state index is 12.0. The Morgan fingerprint density at radius 2 is 1.79 bits per heavy atom. The van der Waals surface area contributed by atoms with Gasteiger partial charge in [0.2, 0.25) is 5.91 Å². The summed E-state index contributed by atoms with van der Waals surface area (Å²) in [5.41, 5.74) is 6.04. The van der Waals surface area contributed by atoms with Crippen molar-refractivity contribution in [3.05, 3.63) is 35.4 Å². The van der Waals surface area contributed by atoms with Gasteiger partial charge in [0.05, 0.1) is 16.4 Å². The van der Waals surface area contributed by atoms with Gasteiger partial charge in [0.15, 0.2) is 0 Å². The van der Waals surface area contributed by atoms with Crippen LogP contribution in [0.25, 0.3) is 0 Å². The average molecular weight is 278 g/mol. The molecule has 1 aromatic carbocycles. The van der Waals surface area contributed by atoms with Crippen LogP contribution in [-0.4, -0.2) is 40.2 Å². The Kier molecular flexibility index (Phi) is 3.90. The fourth-order valence-corrected chi connectivity index (χ4v) is 2.65. The average Bonchev–Trinajstić information content (AvgIpc) is 2.64. The van der Waals surface area contributed by atoms with E-state index in [9.17, 15) is 14.4 Å². The zero-order valence-electron chi connectivity index (χ0n) is 10.5. The first kappa shape index (κ1) is 13.6. The minimum Gasteiger partial charge on any atom is -0.369 e. The van der Waals surface area contributed by atoms with Gasteiger partial charge in [-0.25, -0.2) is 0 Å². The first-order valence-corrected chi connectivity index (χ1v) is 6.93. The Morgan fingerprint density at radius 3 is 2.26 bits per heavy atom. The molecule has 0 radical (unpaired) electrons. The van der Waals surface area contributed by atoms with Gasteiger partial charge < -0.3 is 5.73 Å². The van der Waals surface area contributed by atoms with Crippen molar-refractivity contribution in [3.8, 4) is 0 Å². The summed E-state index contributed by atoms with van der Waals surface area (Å²) >= 11 is 1.33. The molecule has 0 aliphatic carbocycles. The quantitative estimate of drug-likeness (QED) is 0.811. The van der Waals surface area contributed by atoms with E-state index >= 15 is 0 Å². The van der Waals surface area contributed by atoms with E-state index in [0.29, 0.717) is 16.9 Å². The Morgan fingerprint density at radius 1 is 1.26 bits per heavy atom. The number of carbonyl (C=O) groups is 3. The minimum absolute atomic E-state index is 0.270. The van der Waals surface area contributed by atoms with Crippen LogP contribution >= 0.6 is 11.8 Å². The lowest BCUT2D eigenvalue weighted by Crippen LogP contribution is -2.33. The molecule has 0 saturated carbocycles. The first-order chi connectivity index (χ1) is 9.02. The molecule has 6 heteroatoms. The van der Waals surface area contributed by atoms with E-state index in [1.165, 1.54) is 16.7 Å². The van der Waals surface area contributed by atoms with E-state index in [1.54, 1.807) is 31.2 Å². The van der Waals surface area contributed by atoms with Gasteiger partial charge in [0, 0.05) is 12.3 Å². The predicted molar refractivity (Wildman–Crippen MR) is 72.9 cm³/mol. The molecule has 5 nitrogen and oxygen atoms in total. The topological polar surface area (TPSA) is 80.5 Å². The number of carbonyl (C=O) groups excluding carboxylic acids is 3. The highest BCUT2D eigenvalue weighted by atomic mass is 32.2. The smallest absolute Gasteiger partial charge is 0.261 e. The van der Waals surface area contributed by atoms with Gasteiger partial charge in [-0.3, -0.25) is 19.3 Å². The number of nitrogens with zero attached hydrogens (tertiary/aromatic N) is 1. The molecule has 0 bridgehead atoms. The number of amides is 3. The number of thioether (sulfide) groups is 1. The maximum Gasteiger partial charge on any atom is 0.261 e. The van der Waals surface area contributed by atoms with Crippen LogP contribution in [0.4, 0.5) is 0 Å². The van der Waals surface area contributed by atoms with Gasteiger partial charge in [-0.1, -0.05) is 12.1 Å². The van der Waals surface area contributed by atoms with Crippen molar-refractivity contribution in [1.29, 1.82) is 0 Å². The van der Waals surface area contributed by atoms with Crippen molar-refractivity contribution < 1.29 is 14.4 Å². The molecule has 3 amide bonds. The van der Waals surface area contributed by atoms with Gasteiger partial charge in [-0.05, 0) is 19.1 Å². The number of benzene rings is 1. The zero-order chi connectivity index (χ0) is 14.0. The fourth-order valence-electron chi connectivity index (χ4n) is 1.85. The molecule has 0 spiro atoms. The van der Waals surface area contributed by atoms with E-state index in [2.05, 4.69) is 0 Å². The van der Waals surface area contributed by atoms with Crippen molar-refractivity contribution in [1.82, 2.24) is 4.90 Å².